The van der Waals surface area contributed by atoms with Gasteiger partial charge in [0.2, 0.25) is 0 Å². The van der Waals surface area contributed by atoms with Gasteiger partial charge in [-0.2, -0.15) is 0 Å². The Morgan fingerprint density at radius 3 is 2.42 bits per heavy atom. The molecule has 5 nitrogen and oxygen atoms in total. The molecule has 8 heteroatoms. The Morgan fingerprint density at radius 1 is 1.03 bits per heavy atom. The highest BCUT2D eigenvalue weighted by Gasteiger charge is 2.16. The van der Waals surface area contributed by atoms with E-state index in [1.54, 1.807) is 30.3 Å². The molecule has 1 aromatic heterocycles. The minimum absolute atomic E-state index is 0.0959. The first-order chi connectivity index (χ1) is 17.3. The van der Waals surface area contributed by atoms with Gasteiger partial charge in [-0.25, -0.2) is 4.39 Å². The zero-order chi connectivity index (χ0) is 25.7. The van der Waals surface area contributed by atoms with Crippen LogP contribution in [0.1, 0.15) is 33.4 Å². The number of aromatic nitrogens is 1. The molecule has 0 amide bonds. The van der Waals surface area contributed by atoms with Gasteiger partial charge in [0.15, 0.2) is 0 Å². The summed E-state index contributed by atoms with van der Waals surface area (Å²) in [6.07, 6.45) is 3.01. The van der Waals surface area contributed by atoms with Gasteiger partial charge < -0.3 is 14.5 Å². The zero-order valence-corrected chi connectivity index (χ0v) is 20.9. The van der Waals surface area contributed by atoms with Gasteiger partial charge in [-0.1, -0.05) is 76.4 Å². The lowest BCUT2D eigenvalue weighted by atomic mass is 10.0. The number of rotatable bonds is 8. The van der Waals surface area contributed by atoms with Crippen LogP contribution in [0, 0.1) is 12.7 Å². The summed E-state index contributed by atoms with van der Waals surface area (Å²) >= 11 is 12.1. The number of aryl methyl sites for hydroxylation is 1. The van der Waals surface area contributed by atoms with Crippen LogP contribution < -0.4 is 5.56 Å². The smallest absolute Gasteiger partial charge is 0.258 e. The standard InChI is InChI=1S/C28H23Cl2FN2O3/c1-18-2-4-20(5-3-18)15-33-16-22(14-32-36-17-21-8-9-23(29)13-26(21)30)27(34)25(28(33)35)12-19-6-10-24(31)11-7-19/h2-11,13-14,16,34H,12,15,17H2,1H3/b32-14+. The Kier molecular flexibility index (Phi) is 8.08. The van der Waals surface area contributed by atoms with Crippen molar-refractivity contribution in [3.63, 3.8) is 0 Å². The molecule has 4 rings (SSSR count). The van der Waals surface area contributed by atoms with E-state index in [1.165, 1.54) is 29.1 Å². The lowest BCUT2D eigenvalue weighted by molar-refractivity contribution is 0.132. The maximum Gasteiger partial charge on any atom is 0.258 e. The van der Waals surface area contributed by atoms with Crippen LogP contribution >= 0.6 is 23.2 Å². The highest BCUT2D eigenvalue weighted by molar-refractivity contribution is 6.35. The van der Waals surface area contributed by atoms with Gasteiger partial charge in [-0.15, -0.1) is 0 Å². The fourth-order valence-corrected chi connectivity index (χ4v) is 4.11. The van der Waals surface area contributed by atoms with E-state index >= 15 is 0 Å². The summed E-state index contributed by atoms with van der Waals surface area (Å²) in [5.41, 5.74) is 3.57. The van der Waals surface area contributed by atoms with Crippen molar-refractivity contribution in [2.75, 3.05) is 0 Å². The number of hydrogen-bond donors (Lipinski definition) is 1. The largest absolute Gasteiger partial charge is 0.507 e. The highest BCUT2D eigenvalue weighted by atomic mass is 35.5. The van der Waals surface area contributed by atoms with E-state index in [0.717, 1.165) is 11.1 Å². The summed E-state index contributed by atoms with van der Waals surface area (Å²) in [6.45, 7) is 2.39. The van der Waals surface area contributed by atoms with Crippen LogP contribution in [-0.4, -0.2) is 15.9 Å². The molecule has 3 aromatic carbocycles. The molecule has 0 spiro atoms. The van der Waals surface area contributed by atoms with E-state index in [2.05, 4.69) is 5.16 Å². The average molecular weight is 525 g/mol. The molecule has 0 fully saturated rings. The molecule has 0 saturated carbocycles. The van der Waals surface area contributed by atoms with Crippen molar-refractivity contribution in [1.29, 1.82) is 0 Å². The first-order valence-corrected chi connectivity index (χ1v) is 11.9. The molecule has 0 atom stereocenters. The first-order valence-electron chi connectivity index (χ1n) is 11.1. The second-order valence-corrected chi connectivity index (χ2v) is 9.22. The fraction of sp³-hybridized carbons (Fsp3) is 0.143. The SMILES string of the molecule is Cc1ccc(Cn2cc(/C=N/OCc3ccc(Cl)cc3Cl)c(O)c(Cc3ccc(F)cc3)c2=O)cc1. The Bertz CT molecular complexity index is 1450. The van der Waals surface area contributed by atoms with Crippen molar-refractivity contribution >= 4 is 29.4 Å². The molecule has 0 bridgehead atoms. The van der Waals surface area contributed by atoms with Crippen molar-refractivity contribution < 1.29 is 14.3 Å². The Hall–Kier alpha value is -3.61. The van der Waals surface area contributed by atoms with Crippen LogP contribution in [0.25, 0.3) is 0 Å². The van der Waals surface area contributed by atoms with E-state index < -0.39 is 0 Å². The number of benzene rings is 3. The van der Waals surface area contributed by atoms with Gasteiger partial charge in [-0.3, -0.25) is 4.79 Å². The molecule has 0 aliphatic carbocycles. The molecule has 36 heavy (non-hydrogen) atoms. The van der Waals surface area contributed by atoms with E-state index in [9.17, 15) is 14.3 Å². The number of aromatic hydroxyl groups is 1. The first kappa shape index (κ1) is 25.5. The third-order valence-electron chi connectivity index (χ3n) is 5.64. The fourth-order valence-electron chi connectivity index (χ4n) is 3.64. The van der Waals surface area contributed by atoms with Crippen LogP contribution in [0.4, 0.5) is 4.39 Å². The van der Waals surface area contributed by atoms with E-state index in [1.807, 2.05) is 31.2 Å². The monoisotopic (exact) mass is 524 g/mol. The van der Waals surface area contributed by atoms with Crippen LogP contribution in [0.15, 0.2) is 82.9 Å². The molecular weight excluding hydrogens is 502 g/mol. The summed E-state index contributed by atoms with van der Waals surface area (Å²) in [6, 6.07) is 18.7. The van der Waals surface area contributed by atoms with Crippen molar-refractivity contribution in [3.8, 4) is 5.75 Å². The summed E-state index contributed by atoms with van der Waals surface area (Å²) in [5, 5.41) is 15.9. The summed E-state index contributed by atoms with van der Waals surface area (Å²) in [7, 11) is 0. The number of pyridine rings is 1. The Morgan fingerprint density at radius 2 is 1.72 bits per heavy atom. The quantitative estimate of drug-likeness (QED) is 0.211. The molecule has 1 N–H and O–H groups in total. The summed E-state index contributed by atoms with van der Waals surface area (Å²) in [4.78, 5) is 18.7. The van der Waals surface area contributed by atoms with E-state index in [-0.39, 0.29) is 35.7 Å². The molecule has 0 aliphatic rings. The van der Waals surface area contributed by atoms with E-state index in [0.29, 0.717) is 33.3 Å². The maximum atomic E-state index is 13.4. The van der Waals surface area contributed by atoms with Gasteiger partial charge in [0.05, 0.1) is 23.9 Å². The average Bonchev–Trinajstić information content (AvgIpc) is 2.85. The Balaban J connectivity index is 1.64. The van der Waals surface area contributed by atoms with Crippen LogP contribution in [-0.2, 0) is 24.4 Å². The molecule has 184 valence electrons. The minimum Gasteiger partial charge on any atom is -0.507 e. The maximum absolute atomic E-state index is 13.4. The highest BCUT2D eigenvalue weighted by Crippen LogP contribution is 2.23. The second kappa shape index (κ2) is 11.4. The lowest BCUT2D eigenvalue weighted by Crippen LogP contribution is -2.25. The predicted molar refractivity (Wildman–Crippen MR) is 141 cm³/mol. The third kappa shape index (κ3) is 6.33. The summed E-state index contributed by atoms with van der Waals surface area (Å²) < 4.78 is 14.9. The predicted octanol–water partition coefficient (Wildman–Crippen LogP) is 6.50. The molecule has 0 saturated heterocycles. The lowest BCUT2D eigenvalue weighted by Gasteiger charge is -2.13. The Labute approximate surface area is 218 Å². The van der Waals surface area contributed by atoms with E-state index in [4.69, 9.17) is 28.0 Å². The zero-order valence-electron chi connectivity index (χ0n) is 19.4. The van der Waals surface area contributed by atoms with Gasteiger partial charge in [-0.05, 0) is 42.3 Å². The normalized spacial score (nSPS) is 11.2. The van der Waals surface area contributed by atoms with Gasteiger partial charge in [0, 0.05) is 28.2 Å². The van der Waals surface area contributed by atoms with Gasteiger partial charge in [0.25, 0.3) is 5.56 Å². The third-order valence-corrected chi connectivity index (χ3v) is 6.23. The molecule has 0 aliphatic heterocycles. The number of nitrogens with zero attached hydrogens (tertiary/aromatic N) is 2. The molecule has 1 heterocycles. The van der Waals surface area contributed by atoms with Gasteiger partial charge >= 0.3 is 0 Å². The second-order valence-electron chi connectivity index (χ2n) is 8.38. The van der Waals surface area contributed by atoms with Crippen LogP contribution in [0.3, 0.4) is 0 Å². The molecule has 4 aromatic rings. The van der Waals surface area contributed by atoms with Crippen LogP contribution in [0.2, 0.25) is 10.0 Å². The van der Waals surface area contributed by atoms with Crippen molar-refractivity contribution in [2.45, 2.75) is 26.5 Å². The number of halogens is 3. The molecule has 0 radical (unpaired) electrons. The van der Waals surface area contributed by atoms with Gasteiger partial charge in [0.1, 0.15) is 18.2 Å². The minimum atomic E-state index is -0.376. The van der Waals surface area contributed by atoms with Crippen molar-refractivity contribution in [3.05, 3.63) is 133 Å². The topological polar surface area (TPSA) is 63.8 Å². The number of hydrogen-bond acceptors (Lipinski definition) is 4. The number of oxime groups is 1. The van der Waals surface area contributed by atoms with Crippen molar-refractivity contribution in [1.82, 2.24) is 4.57 Å². The molecule has 0 unspecified atom stereocenters. The van der Waals surface area contributed by atoms with Crippen molar-refractivity contribution in [2.24, 2.45) is 5.16 Å². The molecular formula is C28H23Cl2FN2O3. The summed E-state index contributed by atoms with van der Waals surface area (Å²) in [5.74, 6) is -0.583. The van der Waals surface area contributed by atoms with Crippen LogP contribution in [0.5, 0.6) is 5.75 Å².